The lowest BCUT2D eigenvalue weighted by atomic mass is 10.2. The van der Waals surface area contributed by atoms with Gasteiger partial charge in [0.25, 0.3) is 11.8 Å². The van der Waals surface area contributed by atoms with E-state index in [1.54, 1.807) is 47.8 Å². The lowest BCUT2D eigenvalue weighted by Gasteiger charge is -2.15. The predicted octanol–water partition coefficient (Wildman–Crippen LogP) is 4.42. The van der Waals surface area contributed by atoms with Crippen LogP contribution in [-0.2, 0) is 9.59 Å². The predicted molar refractivity (Wildman–Crippen MR) is 100 cm³/mol. The molecule has 27 heavy (non-hydrogen) atoms. The lowest BCUT2D eigenvalue weighted by Crippen LogP contribution is -2.32. The van der Waals surface area contributed by atoms with Crippen molar-refractivity contribution in [1.82, 2.24) is 0 Å². The van der Waals surface area contributed by atoms with Crippen LogP contribution in [0.1, 0.15) is 4.88 Å². The van der Waals surface area contributed by atoms with E-state index in [2.05, 4.69) is 5.32 Å². The largest absolute Gasteiger partial charge is 0.350 e. The molecule has 2 aromatic carbocycles. The molecule has 0 atom stereocenters. The summed E-state index contributed by atoms with van der Waals surface area (Å²) >= 11 is 1.31. The third kappa shape index (κ3) is 3.02. The van der Waals surface area contributed by atoms with E-state index in [9.17, 15) is 18.4 Å². The average molecular weight is 382 g/mol. The zero-order valence-electron chi connectivity index (χ0n) is 13.8. The van der Waals surface area contributed by atoms with Crippen LogP contribution in [0.3, 0.4) is 0 Å². The number of carbonyl (C=O) groups excluding carboxylic acids is 2. The molecule has 0 bridgehead atoms. The van der Waals surface area contributed by atoms with Crippen molar-refractivity contribution in [1.29, 1.82) is 0 Å². The number of hydrogen-bond acceptors (Lipinski definition) is 4. The average Bonchev–Trinajstić information content (AvgIpc) is 3.26. The normalized spacial score (nSPS) is 14.2. The van der Waals surface area contributed by atoms with Crippen molar-refractivity contribution in [2.45, 2.75) is 0 Å². The maximum atomic E-state index is 13.5. The molecule has 1 aliphatic rings. The van der Waals surface area contributed by atoms with Crippen LogP contribution >= 0.6 is 11.3 Å². The van der Waals surface area contributed by atoms with Gasteiger partial charge in [0.15, 0.2) is 11.6 Å². The molecule has 2 amide bonds. The molecule has 2 heterocycles. The molecule has 0 fully saturated rings. The quantitative estimate of drug-likeness (QED) is 0.680. The SMILES string of the molecule is O=C1C(Nc2ccc(F)c(F)c2)=C(c2cccs2)C(=O)N1c1ccccc1. The number of carbonyl (C=O) groups is 2. The van der Waals surface area contributed by atoms with Crippen LogP contribution in [-0.4, -0.2) is 11.8 Å². The van der Waals surface area contributed by atoms with Crippen molar-refractivity contribution in [2.24, 2.45) is 0 Å². The summed E-state index contributed by atoms with van der Waals surface area (Å²) in [6, 6.07) is 15.2. The van der Waals surface area contributed by atoms with Crippen molar-refractivity contribution in [3.63, 3.8) is 0 Å². The maximum absolute atomic E-state index is 13.5. The summed E-state index contributed by atoms with van der Waals surface area (Å²) in [7, 11) is 0. The molecule has 3 aromatic rings. The summed E-state index contributed by atoms with van der Waals surface area (Å²) in [5.74, 6) is -3.07. The highest BCUT2D eigenvalue weighted by molar-refractivity contribution is 7.11. The molecule has 4 rings (SSSR count). The van der Waals surface area contributed by atoms with Crippen LogP contribution in [0.25, 0.3) is 5.57 Å². The molecule has 1 aliphatic heterocycles. The molecular formula is C20H12F2N2O2S. The van der Waals surface area contributed by atoms with Crippen LogP contribution in [0.2, 0.25) is 0 Å². The number of rotatable bonds is 4. The molecule has 0 unspecified atom stereocenters. The maximum Gasteiger partial charge on any atom is 0.282 e. The fourth-order valence-electron chi connectivity index (χ4n) is 2.82. The Morgan fingerprint density at radius 2 is 1.63 bits per heavy atom. The first-order valence-electron chi connectivity index (χ1n) is 8.00. The number of para-hydroxylation sites is 1. The Labute approximate surface area is 157 Å². The van der Waals surface area contributed by atoms with Gasteiger partial charge in [0.1, 0.15) is 5.70 Å². The van der Waals surface area contributed by atoms with Crippen molar-refractivity contribution in [3.8, 4) is 0 Å². The van der Waals surface area contributed by atoms with Gasteiger partial charge in [-0.3, -0.25) is 9.59 Å². The molecule has 4 nitrogen and oxygen atoms in total. The Balaban J connectivity index is 1.80. The lowest BCUT2D eigenvalue weighted by molar-refractivity contribution is -0.120. The molecule has 1 N–H and O–H groups in total. The fraction of sp³-hybridized carbons (Fsp3) is 0. The number of imide groups is 1. The van der Waals surface area contributed by atoms with Gasteiger partial charge in [-0.15, -0.1) is 11.3 Å². The van der Waals surface area contributed by atoms with E-state index >= 15 is 0 Å². The highest BCUT2D eigenvalue weighted by Crippen LogP contribution is 2.35. The van der Waals surface area contributed by atoms with Gasteiger partial charge in [-0.1, -0.05) is 24.3 Å². The van der Waals surface area contributed by atoms with E-state index in [-0.39, 0.29) is 17.0 Å². The molecule has 0 saturated heterocycles. The van der Waals surface area contributed by atoms with Gasteiger partial charge in [0.05, 0.1) is 11.3 Å². The van der Waals surface area contributed by atoms with E-state index in [0.717, 1.165) is 17.0 Å². The second-order valence-corrected chi connectivity index (χ2v) is 6.71. The number of nitrogens with zero attached hydrogens (tertiary/aromatic N) is 1. The summed E-state index contributed by atoms with van der Waals surface area (Å²) in [5, 5.41) is 4.59. The third-order valence-corrected chi connectivity index (χ3v) is 4.94. The van der Waals surface area contributed by atoms with Crippen molar-refractivity contribution < 1.29 is 18.4 Å². The third-order valence-electron chi connectivity index (χ3n) is 4.05. The monoisotopic (exact) mass is 382 g/mol. The highest BCUT2D eigenvalue weighted by Gasteiger charge is 2.40. The number of hydrogen-bond donors (Lipinski definition) is 1. The Hall–Kier alpha value is -3.32. The van der Waals surface area contributed by atoms with Crippen LogP contribution in [0.15, 0.2) is 71.7 Å². The number of anilines is 2. The Morgan fingerprint density at radius 1 is 0.852 bits per heavy atom. The van der Waals surface area contributed by atoms with Crippen LogP contribution in [0, 0.1) is 11.6 Å². The second kappa shape index (κ2) is 6.77. The minimum Gasteiger partial charge on any atom is -0.350 e. The number of benzene rings is 2. The number of halogens is 2. The van der Waals surface area contributed by atoms with Crippen molar-refractivity contribution in [3.05, 3.63) is 88.3 Å². The van der Waals surface area contributed by atoms with Crippen LogP contribution < -0.4 is 10.2 Å². The molecule has 0 spiro atoms. The molecule has 134 valence electrons. The van der Waals surface area contributed by atoms with Crippen LogP contribution in [0.5, 0.6) is 0 Å². The zero-order valence-corrected chi connectivity index (χ0v) is 14.6. The summed E-state index contributed by atoms with van der Waals surface area (Å²) in [5.41, 5.74) is 0.832. The van der Waals surface area contributed by atoms with Crippen LogP contribution in [0.4, 0.5) is 20.2 Å². The molecule has 0 radical (unpaired) electrons. The highest BCUT2D eigenvalue weighted by atomic mass is 32.1. The van der Waals surface area contributed by atoms with Gasteiger partial charge < -0.3 is 5.32 Å². The van der Waals surface area contributed by atoms with Crippen molar-refractivity contribution in [2.75, 3.05) is 10.2 Å². The first-order chi connectivity index (χ1) is 13.1. The molecule has 0 aliphatic carbocycles. The topological polar surface area (TPSA) is 49.4 Å². The second-order valence-electron chi connectivity index (χ2n) is 5.76. The van der Waals surface area contributed by atoms with Gasteiger partial charge in [-0.2, -0.15) is 0 Å². The van der Waals surface area contributed by atoms with Gasteiger partial charge in [-0.25, -0.2) is 13.7 Å². The minimum absolute atomic E-state index is 0.0253. The summed E-state index contributed by atoms with van der Waals surface area (Å²) in [6.07, 6.45) is 0. The first-order valence-corrected chi connectivity index (χ1v) is 8.88. The summed E-state index contributed by atoms with van der Waals surface area (Å²) in [4.78, 5) is 27.7. The van der Waals surface area contributed by atoms with E-state index in [4.69, 9.17) is 0 Å². The number of amides is 2. The standard InChI is InChI=1S/C20H12F2N2O2S/c21-14-9-8-12(11-15(14)22)23-18-17(16-7-4-10-27-16)19(25)24(20(18)26)13-5-2-1-3-6-13/h1-11,23H. The van der Waals surface area contributed by atoms with E-state index < -0.39 is 23.4 Å². The zero-order chi connectivity index (χ0) is 19.0. The van der Waals surface area contributed by atoms with Gasteiger partial charge in [0, 0.05) is 16.6 Å². The Morgan fingerprint density at radius 3 is 2.30 bits per heavy atom. The molecule has 7 heteroatoms. The van der Waals surface area contributed by atoms with Gasteiger partial charge in [0.2, 0.25) is 0 Å². The van der Waals surface area contributed by atoms with E-state index in [0.29, 0.717) is 10.6 Å². The fourth-order valence-corrected chi connectivity index (χ4v) is 3.59. The minimum atomic E-state index is -1.05. The number of thiophene rings is 1. The van der Waals surface area contributed by atoms with Gasteiger partial charge >= 0.3 is 0 Å². The first kappa shape index (κ1) is 17.1. The van der Waals surface area contributed by atoms with Gasteiger partial charge in [-0.05, 0) is 35.7 Å². The van der Waals surface area contributed by atoms with E-state index in [1.807, 2.05) is 0 Å². The molecular weight excluding hydrogens is 370 g/mol. The number of nitrogens with one attached hydrogen (secondary N) is 1. The Bertz CT molecular complexity index is 1060. The van der Waals surface area contributed by atoms with Crippen molar-refractivity contribution >= 4 is 40.1 Å². The smallest absolute Gasteiger partial charge is 0.282 e. The molecule has 1 aromatic heterocycles. The summed E-state index contributed by atoms with van der Waals surface area (Å²) < 4.78 is 26.7. The molecule has 0 saturated carbocycles. The Kier molecular flexibility index (Phi) is 4.29. The van der Waals surface area contributed by atoms with E-state index in [1.165, 1.54) is 17.4 Å². The summed E-state index contributed by atoms with van der Waals surface area (Å²) in [6.45, 7) is 0.